The van der Waals surface area contributed by atoms with E-state index in [1.54, 1.807) is 26.1 Å². The van der Waals surface area contributed by atoms with Crippen molar-refractivity contribution in [2.45, 2.75) is 26.1 Å². The summed E-state index contributed by atoms with van der Waals surface area (Å²) < 4.78 is 0. The molecule has 0 aromatic carbocycles. The number of pyridine rings is 1. The molecule has 84 valence electrons. The molecule has 0 aliphatic heterocycles. The maximum absolute atomic E-state index is 9.42. The fourth-order valence-corrected chi connectivity index (χ4v) is 1.39. The van der Waals surface area contributed by atoms with Gasteiger partial charge in [0.25, 0.3) is 0 Å². The van der Waals surface area contributed by atoms with Crippen LogP contribution in [0.4, 0.5) is 5.82 Å². The molecule has 0 spiro atoms. The molecule has 0 aliphatic rings. The summed E-state index contributed by atoms with van der Waals surface area (Å²) in [5.41, 5.74) is 0.831. The van der Waals surface area contributed by atoms with Crippen molar-refractivity contribution in [3.05, 3.63) is 23.9 Å². The van der Waals surface area contributed by atoms with Crippen molar-refractivity contribution in [3.8, 4) is 0 Å². The van der Waals surface area contributed by atoms with Crippen LogP contribution in [0.25, 0.3) is 0 Å². The molecule has 4 nitrogen and oxygen atoms in total. The van der Waals surface area contributed by atoms with Crippen molar-refractivity contribution in [2.75, 3.05) is 18.5 Å². The molecule has 1 rings (SSSR count). The maximum atomic E-state index is 9.42. The molecule has 0 amide bonds. The summed E-state index contributed by atoms with van der Waals surface area (Å²) in [6, 6.07) is 3.61. The van der Waals surface area contributed by atoms with Gasteiger partial charge in [0.05, 0.1) is 12.2 Å². The lowest BCUT2D eigenvalue weighted by atomic mass is 10.1. The third-order valence-electron chi connectivity index (χ3n) is 2.18. The fourth-order valence-electron chi connectivity index (χ4n) is 1.39. The normalized spacial score (nSPS) is 14.7. The molecule has 1 aromatic rings. The number of anilines is 1. The molecular formula is C11H18N2O2. The van der Waals surface area contributed by atoms with Crippen LogP contribution in [0, 0.1) is 0 Å². The van der Waals surface area contributed by atoms with Gasteiger partial charge >= 0.3 is 0 Å². The van der Waals surface area contributed by atoms with Crippen LogP contribution in [0.3, 0.4) is 0 Å². The average molecular weight is 210 g/mol. The first-order valence-electron chi connectivity index (χ1n) is 5.04. The largest absolute Gasteiger partial charge is 0.392 e. The Morgan fingerprint density at radius 2 is 2.07 bits per heavy atom. The maximum Gasteiger partial charge on any atom is 0.128 e. The summed E-state index contributed by atoms with van der Waals surface area (Å²) in [4.78, 5) is 6.04. The van der Waals surface area contributed by atoms with Crippen LogP contribution in [0.1, 0.15) is 25.5 Å². The molecular weight excluding hydrogens is 192 g/mol. The van der Waals surface area contributed by atoms with E-state index in [4.69, 9.17) is 0 Å². The minimum Gasteiger partial charge on any atom is -0.392 e. The average Bonchev–Trinajstić information content (AvgIpc) is 2.17. The number of nitrogens with zero attached hydrogens (tertiary/aromatic N) is 2. The zero-order valence-corrected chi connectivity index (χ0v) is 9.38. The summed E-state index contributed by atoms with van der Waals surface area (Å²) in [6.45, 7) is 3.97. The monoisotopic (exact) mass is 210 g/mol. The van der Waals surface area contributed by atoms with Gasteiger partial charge in [0, 0.05) is 19.8 Å². The van der Waals surface area contributed by atoms with Gasteiger partial charge in [-0.25, -0.2) is 4.98 Å². The van der Waals surface area contributed by atoms with E-state index in [0.29, 0.717) is 6.54 Å². The molecule has 15 heavy (non-hydrogen) atoms. The number of hydrogen-bond donors (Lipinski definition) is 2. The van der Waals surface area contributed by atoms with E-state index < -0.39 is 12.2 Å². The molecule has 0 fully saturated rings. The van der Waals surface area contributed by atoms with Crippen molar-refractivity contribution >= 4 is 5.82 Å². The molecule has 1 aromatic heterocycles. The van der Waals surface area contributed by atoms with E-state index in [1.165, 1.54) is 0 Å². The number of hydrogen-bond acceptors (Lipinski definition) is 4. The molecule has 0 bridgehead atoms. The van der Waals surface area contributed by atoms with Gasteiger partial charge in [-0.05, 0) is 31.5 Å². The van der Waals surface area contributed by atoms with Crippen LogP contribution in [0.5, 0.6) is 0 Å². The minimum absolute atomic E-state index is 0.396. The molecule has 4 heteroatoms. The van der Waals surface area contributed by atoms with Crippen molar-refractivity contribution in [3.63, 3.8) is 0 Å². The van der Waals surface area contributed by atoms with Crippen molar-refractivity contribution < 1.29 is 10.2 Å². The van der Waals surface area contributed by atoms with Gasteiger partial charge in [-0.3, -0.25) is 0 Å². The van der Waals surface area contributed by atoms with Gasteiger partial charge in [-0.2, -0.15) is 0 Å². The Kier molecular flexibility index (Phi) is 4.05. The van der Waals surface area contributed by atoms with Gasteiger partial charge in [-0.15, -0.1) is 0 Å². The lowest BCUT2D eigenvalue weighted by molar-refractivity contribution is 0.198. The molecule has 0 aliphatic carbocycles. The van der Waals surface area contributed by atoms with Gasteiger partial charge in [0.15, 0.2) is 0 Å². The highest BCUT2D eigenvalue weighted by Gasteiger charge is 2.08. The standard InChI is InChI=1S/C11H18N2O2/c1-8(14)7-13(3)11-6-10(9(2)15)4-5-12-11/h4-6,8-9,14-15H,7H2,1-3H3/t8?,9-/m0/s1. The highest BCUT2D eigenvalue weighted by atomic mass is 16.3. The number of aliphatic hydroxyl groups excluding tert-OH is 2. The zero-order valence-electron chi connectivity index (χ0n) is 9.38. The number of rotatable bonds is 4. The number of aromatic nitrogens is 1. The first kappa shape index (κ1) is 11.9. The summed E-state index contributed by atoms with van der Waals surface area (Å²) in [7, 11) is 1.86. The molecule has 1 heterocycles. The second kappa shape index (κ2) is 5.09. The van der Waals surface area contributed by atoms with Gasteiger partial charge in [-0.1, -0.05) is 0 Å². The Morgan fingerprint density at radius 1 is 1.40 bits per heavy atom. The van der Waals surface area contributed by atoms with Gasteiger partial charge < -0.3 is 15.1 Å². The van der Waals surface area contributed by atoms with Crippen molar-refractivity contribution in [1.82, 2.24) is 4.98 Å². The first-order chi connectivity index (χ1) is 7.00. The SMILES string of the molecule is CC(O)CN(C)c1cc([C@H](C)O)ccn1. The molecule has 0 saturated heterocycles. The third-order valence-corrected chi connectivity index (χ3v) is 2.18. The zero-order chi connectivity index (χ0) is 11.4. The molecule has 2 atom stereocenters. The predicted octanol–water partition coefficient (Wildman–Crippen LogP) is 0.952. The van der Waals surface area contributed by atoms with E-state index >= 15 is 0 Å². The Bertz CT molecular complexity index is 313. The van der Waals surface area contributed by atoms with Crippen LogP contribution in [0.2, 0.25) is 0 Å². The Balaban J connectivity index is 2.80. The molecule has 1 unspecified atom stereocenters. The van der Waals surface area contributed by atoms with Crippen molar-refractivity contribution in [2.24, 2.45) is 0 Å². The summed E-state index contributed by atoms with van der Waals surface area (Å²) in [5, 5.41) is 18.7. The first-order valence-corrected chi connectivity index (χ1v) is 5.04. The minimum atomic E-state index is -0.494. The molecule has 0 radical (unpaired) electrons. The van der Waals surface area contributed by atoms with Crippen LogP contribution >= 0.6 is 0 Å². The number of likely N-dealkylation sites (N-methyl/N-ethyl adjacent to an activating group) is 1. The quantitative estimate of drug-likeness (QED) is 0.777. The highest BCUT2D eigenvalue weighted by molar-refractivity contribution is 5.40. The van der Waals surface area contributed by atoms with E-state index in [-0.39, 0.29) is 0 Å². The molecule has 0 saturated carbocycles. The summed E-state index contributed by atoms with van der Waals surface area (Å²) in [6.07, 6.45) is 0.773. The van der Waals surface area contributed by atoms with Crippen LogP contribution in [-0.2, 0) is 0 Å². The highest BCUT2D eigenvalue weighted by Crippen LogP contribution is 2.16. The Morgan fingerprint density at radius 3 is 2.60 bits per heavy atom. The predicted molar refractivity (Wildman–Crippen MR) is 59.8 cm³/mol. The Hall–Kier alpha value is -1.13. The lowest BCUT2D eigenvalue weighted by Crippen LogP contribution is -2.27. The van der Waals surface area contributed by atoms with Crippen LogP contribution in [-0.4, -0.2) is 34.9 Å². The van der Waals surface area contributed by atoms with E-state index in [1.807, 2.05) is 18.0 Å². The van der Waals surface area contributed by atoms with Crippen LogP contribution < -0.4 is 4.90 Å². The topological polar surface area (TPSA) is 56.6 Å². The smallest absolute Gasteiger partial charge is 0.128 e. The van der Waals surface area contributed by atoms with Gasteiger partial charge in [0.1, 0.15) is 5.82 Å². The summed E-state index contributed by atoms with van der Waals surface area (Å²) in [5.74, 6) is 0.759. The van der Waals surface area contributed by atoms with E-state index in [9.17, 15) is 10.2 Å². The Labute approximate surface area is 90.2 Å². The van der Waals surface area contributed by atoms with E-state index in [0.717, 1.165) is 11.4 Å². The van der Waals surface area contributed by atoms with Crippen molar-refractivity contribution in [1.29, 1.82) is 0 Å². The second-order valence-corrected chi connectivity index (χ2v) is 3.85. The number of aliphatic hydroxyl groups is 2. The fraction of sp³-hybridized carbons (Fsp3) is 0.545. The van der Waals surface area contributed by atoms with Gasteiger partial charge in [0.2, 0.25) is 0 Å². The summed E-state index contributed by atoms with van der Waals surface area (Å²) >= 11 is 0. The third kappa shape index (κ3) is 3.49. The van der Waals surface area contributed by atoms with E-state index in [2.05, 4.69) is 4.98 Å². The second-order valence-electron chi connectivity index (χ2n) is 3.85. The lowest BCUT2D eigenvalue weighted by Gasteiger charge is -2.20. The molecule has 2 N–H and O–H groups in total. The van der Waals surface area contributed by atoms with Crippen LogP contribution in [0.15, 0.2) is 18.3 Å².